The van der Waals surface area contributed by atoms with E-state index in [0.29, 0.717) is 0 Å². The molecular weight excluding hydrogens is 705 g/mol. The van der Waals surface area contributed by atoms with E-state index < -0.39 is 0 Å². The van der Waals surface area contributed by atoms with Crippen LogP contribution < -0.4 is 0 Å². The van der Waals surface area contributed by atoms with Crippen LogP contribution in [0.5, 0.6) is 0 Å². The number of nitrogens with zero attached hydrogens (tertiary/aromatic N) is 4. The van der Waals surface area contributed by atoms with Gasteiger partial charge in [-0.3, -0.25) is 0 Å². The molecule has 7 aromatic carbocycles. The van der Waals surface area contributed by atoms with Crippen LogP contribution in [-0.2, 0) is 10.8 Å². The third-order valence-electron chi connectivity index (χ3n) is 13.2. The Bertz CT molecular complexity index is 3580. The van der Waals surface area contributed by atoms with Gasteiger partial charge in [-0.15, -0.1) is 0 Å². The summed E-state index contributed by atoms with van der Waals surface area (Å²) in [4.78, 5) is 0. The second-order valence-electron chi connectivity index (χ2n) is 18.7. The molecule has 0 aliphatic carbocycles. The Kier molecular flexibility index (Phi) is 5.90. The quantitative estimate of drug-likeness (QED) is 0.168. The summed E-state index contributed by atoms with van der Waals surface area (Å²) in [5.74, 6) is 0. The van der Waals surface area contributed by atoms with E-state index in [1.807, 2.05) is 0 Å². The number of fused-ring (bicyclic) bond motifs is 14. The first-order valence-corrected chi connectivity index (χ1v) is 20.6. The number of benzene rings is 7. The molecule has 6 aromatic heterocycles. The fourth-order valence-electron chi connectivity index (χ4n) is 10.8. The van der Waals surface area contributed by atoms with Crippen molar-refractivity contribution in [3.05, 3.63) is 157 Å². The van der Waals surface area contributed by atoms with E-state index in [-0.39, 0.29) is 10.8 Å². The Morgan fingerprint density at radius 1 is 0.293 bits per heavy atom. The number of hydrogen-bond acceptors (Lipinski definition) is 0. The van der Waals surface area contributed by atoms with Gasteiger partial charge in [-0.2, -0.15) is 0 Å². The van der Waals surface area contributed by atoms with Crippen molar-refractivity contribution in [2.24, 2.45) is 0 Å². The molecule has 58 heavy (non-hydrogen) atoms. The molecular formula is C54H42N4. The van der Waals surface area contributed by atoms with Crippen LogP contribution in [0.25, 0.3) is 109 Å². The summed E-state index contributed by atoms with van der Waals surface area (Å²) < 4.78 is 10.2. The van der Waals surface area contributed by atoms with Crippen molar-refractivity contribution in [1.29, 1.82) is 0 Å². The van der Waals surface area contributed by atoms with Gasteiger partial charge in [0.05, 0.1) is 44.1 Å². The lowest BCUT2D eigenvalue weighted by Crippen LogP contribution is -2.14. The Morgan fingerprint density at radius 3 is 1.07 bits per heavy atom. The van der Waals surface area contributed by atoms with Gasteiger partial charge < -0.3 is 17.9 Å². The lowest BCUT2D eigenvalue weighted by atomic mass is 9.91. The first-order valence-electron chi connectivity index (χ1n) is 20.6. The van der Waals surface area contributed by atoms with Crippen molar-refractivity contribution < 1.29 is 0 Å². The standard InChI is InChI=1S/C54H42N4/c1-53(2,3)47-28-41-49-37(33-21-13-15-23-43(33)55(49)31-17-9-7-10-18-31)26-39-35-25-36-40-27-38-34-22-14-16-24-44(34)56(32-19-11-8-12-20-32)50(38)42-29-48(54(4,5)6)58(52(40)42)46(36)30-45(35)57(47)51(39)41/h7-30H,1-6H3. The minimum absolute atomic E-state index is 0.0951. The Labute approximate surface area is 335 Å². The van der Waals surface area contributed by atoms with E-state index in [0.717, 1.165) is 0 Å². The van der Waals surface area contributed by atoms with Gasteiger partial charge in [0, 0.05) is 87.5 Å². The SMILES string of the molecule is CC(C)(C)c1cc2c3c(cc4c5cc6c7cc8c9ccccc9n(-c9ccccc9)c8c8cc(C(C)(C)C)n(c6cc5n1c42)c78)c1ccccc1n3-c1ccccc1. The molecule has 0 radical (unpaired) electrons. The zero-order valence-electron chi connectivity index (χ0n) is 33.6. The van der Waals surface area contributed by atoms with Gasteiger partial charge >= 0.3 is 0 Å². The highest BCUT2D eigenvalue weighted by atomic mass is 15.0. The summed E-state index contributed by atoms with van der Waals surface area (Å²) in [6, 6.07) is 54.7. The zero-order valence-corrected chi connectivity index (χ0v) is 33.6. The maximum Gasteiger partial charge on any atom is 0.0635 e. The lowest BCUT2D eigenvalue weighted by Gasteiger charge is -2.19. The summed E-state index contributed by atoms with van der Waals surface area (Å²) in [5.41, 5.74) is 15.0. The van der Waals surface area contributed by atoms with E-state index in [1.54, 1.807) is 0 Å². The van der Waals surface area contributed by atoms with E-state index in [9.17, 15) is 0 Å². The summed E-state index contributed by atoms with van der Waals surface area (Å²) in [6.45, 7) is 14.2. The lowest BCUT2D eigenvalue weighted by molar-refractivity contribution is 0.567. The molecule has 13 rings (SSSR count). The van der Waals surface area contributed by atoms with E-state index in [1.165, 1.54) is 121 Å². The van der Waals surface area contributed by atoms with Crippen LogP contribution >= 0.6 is 0 Å². The summed E-state index contributed by atoms with van der Waals surface area (Å²) in [7, 11) is 0. The van der Waals surface area contributed by atoms with Crippen LogP contribution in [0.4, 0.5) is 0 Å². The minimum Gasteiger partial charge on any atom is -0.312 e. The second-order valence-corrected chi connectivity index (χ2v) is 18.7. The fourth-order valence-corrected chi connectivity index (χ4v) is 10.8. The van der Waals surface area contributed by atoms with E-state index in [4.69, 9.17) is 0 Å². The van der Waals surface area contributed by atoms with Crippen LogP contribution in [-0.4, -0.2) is 17.9 Å². The molecule has 4 nitrogen and oxygen atoms in total. The van der Waals surface area contributed by atoms with E-state index in [2.05, 4.69) is 205 Å². The molecule has 0 saturated carbocycles. The maximum absolute atomic E-state index is 2.61. The monoisotopic (exact) mass is 746 g/mol. The molecule has 0 spiro atoms. The molecule has 0 N–H and O–H groups in total. The van der Waals surface area contributed by atoms with Gasteiger partial charge in [0.1, 0.15) is 0 Å². The molecule has 0 unspecified atom stereocenters. The van der Waals surface area contributed by atoms with Gasteiger partial charge in [0.2, 0.25) is 0 Å². The molecule has 0 amide bonds. The summed E-state index contributed by atoms with van der Waals surface area (Å²) in [5, 5.41) is 13.0. The fraction of sp³-hybridized carbons (Fsp3) is 0.148. The third kappa shape index (κ3) is 3.90. The number of aromatic nitrogens is 4. The average Bonchev–Trinajstić information content (AvgIpc) is 4.06. The molecule has 0 aliphatic heterocycles. The van der Waals surface area contributed by atoms with Crippen LogP contribution in [0.15, 0.2) is 146 Å². The highest BCUT2D eigenvalue weighted by Gasteiger charge is 2.31. The number of para-hydroxylation sites is 4. The smallest absolute Gasteiger partial charge is 0.0635 e. The Balaban J connectivity index is 1.25. The van der Waals surface area contributed by atoms with Gasteiger partial charge in [0.15, 0.2) is 0 Å². The molecule has 4 heteroatoms. The van der Waals surface area contributed by atoms with E-state index >= 15 is 0 Å². The van der Waals surface area contributed by atoms with Crippen molar-refractivity contribution in [3.63, 3.8) is 0 Å². The summed E-state index contributed by atoms with van der Waals surface area (Å²) >= 11 is 0. The Hall–Kier alpha value is -6.78. The molecule has 0 aliphatic rings. The number of hydrogen-bond donors (Lipinski definition) is 0. The first kappa shape index (κ1) is 32.3. The van der Waals surface area contributed by atoms with Gasteiger partial charge in [-0.05, 0) is 72.8 Å². The first-order chi connectivity index (χ1) is 28.1. The van der Waals surface area contributed by atoms with Crippen LogP contribution in [0, 0.1) is 0 Å². The second kappa shape index (κ2) is 10.6. The molecule has 6 heterocycles. The largest absolute Gasteiger partial charge is 0.312 e. The summed E-state index contributed by atoms with van der Waals surface area (Å²) in [6.07, 6.45) is 0. The third-order valence-corrected chi connectivity index (χ3v) is 13.2. The molecule has 13 aromatic rings. The van der Waals surface area contributed by atoms with Crippen molar-refractivity contribution in [1.82, 2.24) is 17.9 Å². The van der Waals surface area contributed by atoms with Gasteiger partial charge in [0.25, 0.3) is 0 Å². The van der Waals surface area contributed by atoms with Gasteiger partial charge in [-0.1, -0.05) is 114 Å². The molecule has 278 valence electrons. The zero-order chi connectivity index (χ0) is 39.0. The maximum atomic E-state index is 2.61. The Morgan fingerprint density at radius 2 is 0.655 bits per heavy atom. The number of rotatable bonds is 2. The van der Waals surface area contributed by atoms with Crippen LogP contribution in [0.1, 0.15) is 52.9 Å². The molecule has 0 atom stereocenters. The van der Waals surface area contributed by atoms with Crippen molar-refractivity contribution in [2.75, 3.05) is 0 Å². The predicted octanol–water partition coefficient (Wildman–Crippen LogP) is 14.5. The van der Waals surface area contributed by atoms with Crippen molar-refractivity contribution >= 4 is 98.0 Å². The average molecular weight is 747 g/mol. The topological polar surface area (TPSA) is 18.7 Å². The van der Waals surface area contributed by atoms with Crippen molar-refractivity contribution in [2.45, 2.75) is 52.4 Å². The molecule has 0 saturated heterocycles. The minimum atomic E-state index is -0.0951. The van der Waals surface area contributed by atoms with Gasteiger partial charge in [-0.25, -0.2) is 0 Å². The van der Waals surface area contributed by atoms with Crippen LogP contribution in [0.2, 0.25) is 0 Å². The molecule has 0 fully saturated rings. The van der Waals surface area contributed by atoms with Crippen LogP contribution in [0.3, 0.4) is 0 Å². The molecule has 0 bridgehead atoms. The van der Waals surface area contributed by atoms with Crippen molar-refractivity contribution in [3.8, 4) is 11.4 Å². The highest BCUT2D eigenvalue weighted by Crippen LogP contribution is 2.49. The normalized spacial score (nSPS) is 13.3. The predicted molar refractivity (Wildman–Crippen MR) is 247 cm³/mol. The highest BCUT2D eigenvalue weighted by molar-refractivity contribution is 6.32.